The number of nitrogens with zero attached hydrogens (tertiary/aromatic N) is 1. The lowest BCUT2D eigenvalue weighted by Crippen LogP contribution is -2.40. The first-order chi connectivity index (χ1) is 15.6. The van der Waals surface area contributed by atoms with Crippen LogP contribution in [0.4, 0.5) is 0 Å². The first-order valence-electron chi connectivity index (χ1n) is 10.1. The molecule has 0 aromatic heterocycles. The highest BCUT2D eigenvalue weighted by molar-refractivity contribution is 7.89. The number of morpholine rings is 1. The number of methoxy groups -OCH3 is 1. The Morgan fingerprint density at radius 3 is 2.30 bits per heavy atom. The maximum absolute atomic E-state index is 12.6. The maximum Gasteiger partial charge on any atom is 0.338 e. The zero-order chi connectivity index (χ0) is 24.1. The van der Waals surface area contributed by atoms with E-state index in [9.17, 15) is 21.6 Å². The largest absolute Gasteiger partial charge is 0.492 e. The minimum absolute atomic E-state index is 0.0184. The second-order valence-corrected chi connectivity index (χ2v) is 10.9. The number of aryl methyl sites for hydroxylation is 1. The molecule has 2 aromatic carbocycles. The average molecular weight is 499 g/mol. The molecule has 0 saturated carbocycles. The third kappa shape index (κ3) is 6.09. The summed E-state index contributed by atoms with van der Waals surface area (Å²) in [6.45, 7) is 3.01. The van der Waals surface area contributed by atoms with Gasteiger partial charge in [-0.25, -0.2) is 26.4 Å². The van der Waals surface area contributed by atoms with Crippen LogP contribution in [0, 0.1) is 6.92 Å². The van der Waals surface area contributed by atoms with Crippen LogP contribution in [0.1, 0.15) is 15.9 Å². The van der Waals surface area contributed by atoms with Gasteiger partial charge in [0.05, 0.1) is 35.7 Å². The molecule has 0 spiro atoms. The van der Waals surface area contributed by atoms with Gasteiger partial charge < -0.3 is 14.2 Å². The number of ether oxygens (including phenoxy) is 3. The standard InChI is InChI=1S/C21H26N2O8S2/c1-16-3-6-19(15-20(16)21(24)29-2)32(25,26)22-9-12-31-17-4-7-18(8-5-17)33(27,28)23-10-13-30-14-11-23/h3-8,15,22H,9-14H2,1-2H3. The summed E-state index contributed by atoms with van der Waals surface area (Å²) in [7, 11) is -6.24. The van der Waals surface area contributed by atoms with E-state index in [0.29, 0.717) is 37.6 Å². The van der Waals surface area contributed by atoms with Gasteiger partial charge >= 0.3 is 5.97 Å². The minimum atomic E-state index is -3.87. The van der Waals surface area contributed by atoms with Gasteiger partial charge in [-0.2, -0.15) is 4.31 Å². The van der Waals surface area contributed by atoms with E-state index in [1.807, 2.05) is 0 Å². The van der Waals surface area contributed by atoms with E-state index in [1.54, 1.807) is 6.92 Å². The summed E-state index contributed by atoms with van der Waals surface area (Å²) in [5.41, 5.74) is 0.770. The molecule has 1 N–H and O–H groups in total. The molecule has 3 rings (SSSR count). The molecule has 0 amide bonds. The van der Waals surface area contributed by atoms with E-state index in [4.69, 9.17) is 9.47 Å². The molecule has 12 heteroatoms. The summed E-state index contributed by atoms with van der Waals surface area (Å²) in [5, 5.41) is 0. The molecule has 2 aromatic rings. The predicted molar refractivity (Wildman–Crippen MR) is 119 cm³/mol. The van der Waals surface area contributed by atoms with Crippen LogP contribution in [0.2, 0.25) is 0 Å². The Morgan fingerprint density at radius 1 is 1.03 bits per heavy atom. The van der Waals surface area contributed by atoms with Gasteiger partial charge in [-0.1, -0.05) is 6.07 Å². The van der Waals surface area contributed by atoms with Gasteiger partial charge in [0.1, 0.15) is 12.4 Å². The van der Waals surface area contributed by atoms with Gasteiger partial charge in [-0.15, -0.1) is 0 Å². The highest BCUT2D eigenvalue weighted by Crippen LogP contribution is 2.21. The predicted octanol–water partition coefficient (Wildman–Crippen LogP) is 1.16. The molecule has 1 aliphatic rings. The fraction of sp³-hybridized carbons (Fsp3) is 0.381. The molecular formula is C21H26N2O8S2. The highest BCUT2D eigenvalue weighted by atomic mass is 32.2. The number of sulfonamides is 2. The number of nitrogens with one attached hydrogen (secondary N) is 1. The van der Waals surface area contributed by atoms with E-state index in [-0.39, 0.29) is 28.5 Å². The van der Waals surface area contributed by atoms with Crippen LogP contribution < -0.4 is 9.46 Å². The zero-order valence-corrected chi connectivity index (χ0v) is 19.9. The zero-order valence-electron chi connectivity index (χ0n) is 18.3. The fourth-order valence-electron chi connectivity index (χ4n) is 3.17. The number of hydrogen-bond donors (Lipinski definition) is 1. The highest BCUT2D eigenvalue weighted by Gasteiger charge is 2.26. The summed E-state index contributed by atoms with van der Waals surface area (Å²) in [6, 6.07) is 10.1. The van der Waals surface area contributed by atoms with Crippen molar-refractivity contribution < 1.29 is 35.8 Å². The lowest BCUT2D eigenvalue weighted by atomic mass is 10.1. The summed E-state index contributed by atoms with van der Waals surface area (Å²) in [5.74, 6) is -0.217. The van der Waals surface area contributed by atoms with Crippen molar-refractivity contribution in [2.24, 2.45) is 0 Å². The van der Waals surface area contributed by atoms with E-state index < -0.39 is 26.0 Å². The Labute approximate surface area is 193 Å². The molecule has 0 bridgehead atoms. The summed E-state index contributed by atoms with van der Waals surface area (Å²) in [4.78, 5) is 11.9. The summed E-state index contributed by atoms with van der Waals surface area (Å²) < 4.78 is 69.5. The topological polar surface area (TPSA) is 128 Å². The quantitative estimate of drug-likeness (QED) is 0.403. The smallest absolute Gasteiger partial charge is 0.338 e. The van der Waals surface area contributed by atoms with Crippen molar-refractivity contribution in [3.63, 3.8) is 0 Å². The van der Waals surface area contributed by atoms with Crippen molar-refractivity contribution in [2.75, 3.05) is 46.6 Å². The third-order valence-corrected chi connectivity index (χ3v) is 8.39. The molecule has 1 heterocycles. The molecule has 1 fully saturated rings. The molecule has 0 unspecified atom stereocenters. The third-order valence-electron chi connectivity index (χ3n) is 5.02. The van der Waals surface area contributed by atoms with E-state index in [1.165, 1.54) is 53.9 Å². The summed E-state index contributed by atoms with van der Waals surface area (Å²) in [6.07, 6.45) is 0. The number of benzene rings is 2. The van der Waals surface area contributed by atoms with Gasteiger partial charge in [0.25, 0.3) is 0 Å². The number of carbonyl (C=O) groups excluding carboxylic acids is 1. The lowest BCUT2D eigenvalue weighted by molar-refractivity contribution is 0.0599. The average Bonchev–Trinajstić information content (AvgIpc) is 2.82. The first kappa shape index (κ1) is 25.1. The lowest BCUT2D eigenvalue weighted by Gasteiger charge is -2.26. The molecule has 1 aliphatic heterocycles. The Hall–Kier alpha value is -2.51. The molecule has 1 saturated heterocycles. The van der Waals surface area contributed by atoms with Crippen molar-refractivity contribution >= 4 is 26.0 Å². The Kier molecular flexibility index (Phi) is 8.08. The van der Waals surface area contributed by atoms with Crippen LogP contribution in [0.3, 0.4) is 0 Å². The van der Waals surface area contributed by atoms with Crippen molar-refractivity contribution in [3.8, 4) is 5.75 Å². The van der Waals surface area contributed by atoms with Crippen LogP contribution in [0.5, 0.6) is 5.75 Å². The van der Waals surface area contributed by atoms with Gasteiger partial charge in [0, 0.05) is 19.6 Å². The van der Waals surface area contributed by atoms with Crippen molar-refractivity contribution in [1.82, 2.24) is 9.03 Å². The van der Waals surface area contributed by atoms with E-state index in [2.05, 4.69) is 9.46 Å². The van der Waals surface area contributed by atoms with E-state index >= 15 is 0 Å². The Morgan fingerprint density at radius 2 is 1.67 bits per heavy atom. The van der Waals surface area contributed by atoms with Crippen LogP contribution in [0.15, 0.2) is 52.3 Å². The van der Waals surface area contributed by atoms with Crippen molar-refractivity contribution in [3.05, 3.63) is 53.6 Å². The molecule has 33 heavy (non-hydrogen) atoms. The fourth-order valence-corrected chi connectivity index (χ4v) is 5.62. The molecule has 0 aliphatic carbocycles. The molecule has 10 nitrogen and oxygen atoms in total. The Bertz CT molecular complexity index is 1190. The maximum atomic E-state index is 12.6. The van der Waals surface area contributed by atoms with Crippen molar-refractivity contribution in [2.45, 2.75) is 16.7 Å². The SMILES string of the molecule is COC(=O)c1cc(S(=O)(=O)NCCOc2ccc(S(=O)(=O)N3CCOCC3)cc2)ccc1C. The molecule has 180 valence electrons. The number of carbonyl (C=O) groups is 1. The monoisotopic (exact) mass is 498 g/mol. The van der Waals surface area contributed by atoms with Crippen LogP contribution >= 0.6 is 0 Å². The van der Waals surface area contributed by atoms with Gasteiger partial charge in [-0.3, -0.25) is 0 Å². The van der Waals surface area contributed by atoms with E-state index in [0.717, 1.165) is 0 Å². The molecule has 0 atom stereocenters. The normalized spacial score (nSPS) is 15.2. The van der Waals surface area contributed by atoms with Gasteiger partial charge in [0.15, 0.2) is 0 Å². The second-order valence-electron chi connectivity index (χ2n) is 7.20. The van der Waals surface area contributed by atoms with Gasteiger partial charge in [0.2, 0.25) is 20.0 Å². The number of hydrogen-bond acceptors (Lipinski definition) is 8. The first-order valence-corrected chi connectivity index (χ1v) is 13.1. The van der Waals surface area contributed by atoms with Crippen molar-refractivity contribution in [1.29, 1.82) is 0 Å². The summed E-state index contributed by atoms with van der Waals surface area (Å²) >= 11 is 0. The minimum Gasteiger partial charge on any atom is -0.492 e. The number of esters is 1. The van der Waals surface area contributed by atoms with Crippen LogP contribution in [0.25, 0.3) is 0 Å². The van der Waals surface area contributed by atoms with Crippen LogP contribution in [-0.2, 0) is 29.5 Å². The van der Waals surface area contributed by atoms with Gasteiger partial charge in [-0.05, 0) is 48.9 Å². The second kappa shape index (κ2) is 10.6. The van der Waals surface area contributed by atoms with Crippen LogP contribution in [-0.4, -0.2) is 73.7 Å². The number of rotatable bonds is 9. The molecular weight excluding hydrogens is 472 g/mol. The Balaban J connectivity index is 1.56. The molecule has 0 radical (unpaired) electrons.